The number of ether oxygens (including phenoxy) is 1. The summed E-state index contributed by atoms with van der Waals surface area (Å²) in [7, 11) is 0. The molecule has 0 bridgehead atoms. The van der Waals surface area contributed by atoms with E-state index in [1.165, 1.54) is 0 Å². The lowest BCUT2D eigenvalue weighted by Crippen LogP contribution is -2.49. The third kappa shape index (κ3) is 3.62. The summed E-state index contributed by atoms with van der Waals surface area (Å²) >= 11 is 0. The lowest BCUT2D eigenvalue weighted by atomic mass is 10.0. The second-order valence-electron chi connectivity index (χ2n) is 7.00. The number of pyridine rings is 1. The van der Waals surface area contributed by atoms with E-state index in [4.69, 9.17) is 4.74 Å². The molecule has 8 heteroatoms. The molecule has 4 rings (SSSR count). The van der Waals surface area contributed by atoms with Gasteiger partial charge >= 0.3 is 0 Å². The Labute approximate surface area is 151 Å². The van der Waals surface area contributed by atoms with E-state index < -0.39 is 5.60 Å². The number of hydrogen-bond donors (Lipinski definition) is 2. The number of β-amino-alcohol motifs (C(OH)–C–C–N with tert-alkyl or cyclic N) is 1. The first-order valence-corrected chi connectivity index (χ1v) is 8.91. The van der Waals surface area contributed by atoms with Crippen molar-refractivity contribution in [2.45, 2.75) is 12.0 Å². The van der Waals surface area contributed by atoms with E-state index in [0.717, 1.165) is 18.7 Å². The summed E-state index contributed by atoms with van der Waals surface area (Å²) in [6.45, 7) is 4.50. The Balaban J connectivity index is 1.40. The van der Waals surface area contributed by atoms with Crippen molar-refractivity contribution in [1.29, 1.82) is 0 Å². The van der Waals surface area contributed by atoms with Crippen LogP contribution in [0.1, 0.15) is 16.9 Å². The molecule has 0 saturated carbocycles. The van der Waals surface area contributed by atoms with Crippen LogP contribution < -0.4 is 0 Å². The molecule has 0 spiro atoms. The standard InChI is InChI=1S/C18H23N5O3/c24-17(16-10-15(20-21-16)14-2-1-4-19-11-14)23-5-3-18(25,13-23)12-22-6-8-26-9-7-22/h1-2,4,10-11,25H,3,5-9,12-13H2,(H,20,21)/t18-/m1/s1. The lowest BCUT2D eigenvalue weighted by molar-refractivity contribution is -0.0257. The van der Waals surface area contributed by atoms with E-state index in [2.05, 4.69) is 20.1 Å². The molecule has 1 amide bonds. The second kappa shape index (κ2) is 7.14. The van der Waals surface area contributed by atoms with Crippen LogP contribution in [0.5, 0.6) is 0 Å². The Morgan fingerprint density at radius 3 is 2.96 bits per heavy atom. The Hall–Kier alpha value is -2.29. The molecule has 2 saturated heterocycles. The van der Waals surface area contributed by atoms with Gasteiger partial charge in [-0.2, -0.15) is 5.10 Å². The van der Waals surface area contributed by atoms with Crippen LogP contribution in [0.3, 0.4) is 0 Å². The molecule has 0 unspecified atom stereocenters. The van der Waals surface area contributed by atoms with E-state index in [1.54, 1.807) is 23.4 Å². The van der Waals surface area contributed by atoms with Crippen molar-refractivity contribution in [2.75, 3.05) is 45.9 Å². The molecular weight excluding hydrogens is 334 g/mol. The van der Waals surface area contributed by atoms with Crippen LogP contribution in [0.25, 0.3) is 11.3 Å². The molecule has 2 N–H and O–H groups in total. The Bertz CT molecular complexity index is 759. The normalized spacial score (nSPS) is 24.1. The second-order valence-corrected chi connectivity index (χ2v) is 7.00. The van der Waals surface area contributed by atoms with E-state index in [1.807, 2.05) is 12.1 Å². The molecule has 0 radical (unpaired) electrons. The fourth-order valence-corrected chi connectivity index (χ4v) is 3.60. The maximum absolute atomic E-state index is 12.8. The number of carbonyl (C=O) groups is 1. The van der Waals surface area contributed by atoms with Crippen LogP contribution in [0.2, 0.25) is 0 Å². The van der Waals surface area contributed by atoms with Gasteiger partial charge in [0, 0.05) is 44.1 Å². The zero-order chi connectivity index (χ0) is 18.0. The number of nitrogens with zero attached hydrogens (tertiary/aromatic N) is 4. The molecule has 8 nitrogen and oxygen atoms in total. The predicted octanol–water partition coefficient (Wildman–Crippen LogP) is 0.381. The largest absolute Gasteiger partial charge is 0.387 e. The molecule has 26 heavy (non-hydrogen) atoms. The Morgan fingerprint density at radius 1 is 1.35 bits per heavy atom. The van der Waals surface area contributed by atoms with Gasteiger partial charge in [0.15, 0.2) is 0 Å². The summed E-state index contributed by atoms with van der Waals surface area (Å²) in [4.78, 5) is 20.7. The van der Waals surface area contributed by atoms with Crippen LogP contribution in [0.15, 0.2) is 30.6 Å². The summed E-state index contributed by atoms with van der Waals surface area (Å²) in [5, 5.41) is 17.9. The minimum Gasteiger partial charge on any atom is -0.387 e. The molecule has 4 heterocycles. The lowest BCUT2D eigenvalue weighted by Gasteiger charge is -2.33. The monoisotopic (exact) mass is 357 g/mol. The van der Waals surface area contributed by atoms with Gasteiger partial charge in [-0.1, -0.05) is 0 Å². The number of likely N-dealkylation sites (tertiary alicyclic amines) is 1. The fourth-order valence-electron chi connectivity index (χ4n) is 3.60. The fraction of sp³-hybridized carbons (Fsp3) is 0.500. The van der Waals surface area contributed by atoms with Gasteiger partial charge in [0.05, 0.1) is 31.1 Å². The molecule has 138 valence electrons. The van der Waals surface area contributed by atoms with Crippen molar-refractivity contribution >= 4 is 5.91 Å². The summed E-state index contributed by atoms with van der Waals surface area (Å²) < 4.78 is 5.35. The minimum atomic E-state index is -0.862. The third-order valence-corrected chi connectivity index (χ3v) is 5.01. The quantitative estimate of drug-likeness (QED) is 0.822. The zero-order valence-corrected chi connectivity index (χ0v) is 14.6. The summed E-state index contributed by atoms with van der Waals surface area (Å²) in [6, 6.07) is 5.46. The molecule has 0 aromatic carbocycles. The Morgan fingerprint density at radius 2 is 2.19 bits per heavy atom. The van der Waals surface area contributed by atoms with Crippen LogP contribution >= 0.6 is 0 Å². The number of morpholine rings is 1. The minimum absolute atomic E-state index is 0.134. The van der Waals surface area contributed by atoms with Gasteiger partial charge in [0.2, 0.25) is 0 Å². The maximum Gasteiger partial charge on any atom is 0.271 e. The first kappa shape index (κ1) is 17.1. The van der Waals surface area contributed by atoms with Gasteiger partial charge in [-0.15, -0.1) is 0 Å². The van der Waals surface area contributed by atoms with Crippen LogP contribution in [-0.2, 0) is 4.74 Å². The van der Waals surface area contributed by atoms with Gasteiger partial charge in [-0.3, -0.25) is 19.8 Å². The van der Waals surface area contributed by atoms with Crippen LogP contribution in [-0.4, -0.2) is 87.5 Å². The topological polar surface area (TPSA) is 94.6 Å². The number of rotatable bonds is 4. The third-order valence-electron chi connectivity index (χ3n) is 5.01. The number of H-pyrrole nitrogens is 1. The Kier molecular flexibility index (Phi) is 4.71. The molecule has 1 atom stereocenters. The molecule has 2 aliphatic rings. The molecule has 2 aliphatic heterocycles. The number of hydrogen-bond acceptors (Lipinski definition) is 6. The molecule has 2 aromatic rings. The molecule has 2 aromatic heterocycles. The van der Waals surface area contributed by atoms with Crippen LogP contribution in [0, 0.1) is 0 Å². The first-order valence-electron chi connectivity index (χ1n) is 8.91. The van der Waals surface area contributed by atoms with Crippen molar-refractivity contribution in [3.05, 3.63) is 36.3 Å². The van der Waals surface area contributed by atoms with E-state index in [9.17, 15) is 9.90 Å². The van der Waals surface area contributed by atoms with Crippen molar-refractivity contribution in [2.24, 2.45) is 0 Å². The predicted molar refractivity (Wildman–Crippen MR) is 94.5 cm³/mol. The van der Waals surface area contributed by atoms with Gasteiger partial charge in [-0.25, -0.2) is 0 Å². The van der Waals surface area contributed by atoms with Gasteiger partial charge in [-0.05, 0) is 24.6 Å². The highest BCUT2D eigenvalue weighted by molar-refractivity contribution is 5.93. The van der Waals surface area contributed by atoms with E-state index in [-0.39, 0.29) is 5.91 Å². The number of amides is 1. The highest BCUT2D eigenvalue weighted by Gasteiger charge is 2.40. The van der Waals surface area contributed by atoms with Crippen molar-refractivity contribution < 1.29 is 14.6 Å². The number of carbonyl (C=O) groups excluding carboxylic acids is 1. The van der Waals surface area contributed by atoms with Gasteiger partial charge in [0.1, 0.15) is 5.69 Å². The van der Waals surface area contributed by atoms with Crippen molar-refractivity contribution in [1.82, 2.24) is 25.0 Å². The molecule has 0 aliphatic carbocycles. The van der Waals surface area contributed by atoms with Gasteiger partial charge < -0.3 is 14.7 Å². The number of aromatic amines is 1. The SMILES string of the molecule is O=C(c1cc(-c2cccnc2)n[nH]1)N1CC[C@@](O)(CN2CCOCC2)C1. The van der Waals surface area contributed by atoms with Crippen LogP contribution in [0.4, 0.5) is 0 Å². The molecular formula is C18H23N5O3. The number of aliphatic hydroxyl groups is 1. The smallest absolute Gasteiger partial charge is 0.271 e. The van der Waals surface area contributed by atoms with E-state index in [0.29, 0.717) is 50.7 Å². The summed E-state index contributed by atoms with van der Waals surface area (Å²) in [6.07, 6.45) is 3.99. The van der Waals surface area contributed by atoms with Crippen molar-refractivity contribution in [3.63, 3.8) is 0 Å². The average Bonchev–Trinajstić information content (AvgIpc) is 3.30. The maximum atomic E-state index is 12.8. The number of aromatic nitrogens is 3. The molecule has 2 fully saturated rings. The summed E-state index contributed by atoms with van der Waals surface area (Å²) in [5.41, 5.74) is 1.11. The highest BCUT2D eigenvalue weighted by Crippen LogP contribution is 2.25. The van der Waals surface area contributed by atoms with Crippen molar-refractivity contribution in [3.8, 4) is 11.3 Å². The number of nitrogens with one attached hydrogen (secondary N) is 1. The first-order chi connectivity index (χ1) is 12.6. The zero-order valence-electron chi connectivity index (χ0n) is 14.6. The summed E-state index contributed by atoms with van der Waals surface area (Å²) in [5.74, 6) is -0.134. The van der Waals surface area contributed by atoms with E-state index >= 15 is 0 Å². The average molecular weight is 357 g/mol. The highest BCUT2D eigenvalue weighted by atomic mass is 16.5. The van der Waals surface area contributed by atoms with Gasteiger partial charge in [0.25, 0.3) is 5.91 Å².